The number of aromatic nitrogens is 1. The zero-order valence-electron chi connectivity index (χ0n) is 24.2. The Kier molecular flexibility index (Phi) is 9.73. The lowest BCUT2D eigenvalue weighted by Crippen LogP contribution is -2.39. The standard InChI is InChI=1S/C30H29Cl2N5O6S/c1-5-42-29(39)34-28(38)25(17-33)36-35-21-14-23(31)27(24(32)15-21)43-22-8-9-26-19(13-22)10-12-37(26)44(40,41)30(4)11-6-7-20(16-30)18(2)3/h6-15,18,35H,5,16H2,1-4H3,(H,34,38,39)/b36-25-. The van der Waals surface area contributed by atoms with E-state index in [1.165, 1.54) is 22.3 Å². The van der Waals surface area contributed by atoms with Crippen LogP contribution in [0.15, 0.2) is 71.5 Å². The molecule has 2 N–H and O–H groups in total. The molecule has 230 valence electrons. The van der Waals surface area contributed by atoms with Crippen molar-refractivity contribution in [1.82, 2.24) is 9.29 Å². The van der Waals surface area contributed by atoms with E-state index in [1.807, 2.05) is 25.2 Å². The van der Waals surface area contributed by atoms with Gasteiger partial charge in [0.05, 0.1) is 27.9 Å². The summed E-state index contributed by atoms with van der Waals surface area (Å²) in [5, 5.41) is 15.6. The third-order valence-corrected chi connectivity index (χ3v) is 9.71. The number of allylic oxidation sites excluding steroid dienone is 3. The van der Waals surface area contributed by atoms with Crippen LogP contribution in [0, 0.1) is 17.2 Å². The molecule has 0 radical (unpaired) electrons. The Morgan fingerprint density at radius 3 is 2.52 bits per heavy atom. The average Bonchev–Trinajstić information content (AvgIpc) is 3.39. The van der Waals surface area contributed by atoms with Gasteiger partial charge < -0.3 is 9.47 Å². The third kappa shape index (κ3) is 6.75. The molecule has 1 unspecified atom stereocenters. The van der Waals surface area contributed by atoms with Gasteiger partial charge in [-0.05, 0) is 62.6 Å². The first kappa shape index (κ1) is 32.6. The maximum atomic E-state index is 13.8. The van der Waals surface area contributed by atoms with Gasteiger partial charge in [-0.15, -0.1) is 0 Å². The van der Waals surface area contributed by atoms with E-state index in [1.54, 1.807) is 56.3 Å². The van der Waals surface area contributed by atoms with E-state index in [-0.39, 0.29) is 34.0 Å². The molecule has 1 aliphatic carbocycles. The number of halogens is 2. The highest BCUT2D eigenvalue weighted by molar-refractivity contribution is 7.91. The quantitative estimate of drug-likeness (QED) is 0.189. The number of amides is 2. The number of alkyl carbamates (subject to hydrolysis) is 1. The Morgan fingerprint density at radius 2 is 1.89 bits per heavy atom. The zero-order chi connectivity index (χ0) is 32.2. The minimum Gasteiger partial charge on any atom is -0.454 e. The predicted octanol–water partition coefficient (Wildman–Crippen LogP) is 6.78. The van der Waals surface area contributed by atoms with Crippen LogP contribution in [0.4, 0.5) is 10.5 Å². The molecule has 2 amide bonds. The lowest BCUT2D eigenvalue weighted by atomic mass is 9.88. The second-order valence-electron chi connectivity index (χ2n) is 10.3. The third-order valence-electron chi connectivity index (χ3n) is 6.86. The number of ether oxygens (including phenoxy) is 2. The summed E-state index contributed by atoms with van der Waals surface area (Å²) in [6.07, 6.45) is 6.42. The van der Waals surface area contributed by atoms with Crippen molar-refractivity contribution in [3.63, 3.8) is 0 Å². The van der Waals surface area contributed by atoms with Gasteiger partial charge in [0, 0.05) is 11.6 Å². The first-order valence-electron chi connectivity index (χ1n) is 13.4. The molecule has 11 nitrogen and oxygen atoms in total. The molecule has 2 aromatic carbocycles. The average molecular weight is 659 g/mol. The van der Waals surface area contributed by atoms with Crippen molar-refractivity contribution in [2.75, 3.05) is 12.0 Å². The molecule has 44 heavy (non-hydrogen) atoms. The normalized spacial score (nSPS) is 16.8. The van der Waals surface area contributed by atoms with Crippen LogP contribution in [0.5, 0.6) is 11.5 Å². The summed E-state index contributed by atoms with van der Waals surface area (Å²) in [4.78, 5) is 23.5. The summed E-state index contributed by atoms with van der Waals surface area (Å²) in [5.41, 5.74) is 3.63. The van der Waals surface area contributed by atoms with Gasteiger partial charge in [0.25, 0.3) is 5.91 Å². The largest absolute Gasteiger partial charge is 0.454 e. The number of nitrogens with one attached hydrogen (secondary N) is 2. The lowest BCUT2D eigenvalue weighted by molar-refractivity contribution is -0.114. The van der Waals surface area contributed by atoms with E-state index in [0.29, 0.717) is 23.1 Å². The van der Waals surface area contributed by atoms with Crippen LogP contribution < -0.4 is 15.5 Å². The molecule has 0 fully saturated rings. The summed E-state index contributed by atoms with van der Waals surface area (Å²) < 4.78 is 38.4. The van der Waals surface area contributed by atoms with Gasteiger partial charge in [-0.1, -0.05) is 60.9 Å². The highest BCUT2D eigenvalue weighted by Crippen LogP contribution is 2.40. The van der Waals surface area contributed by atoms with E-state index in [9.17, 15) is 23.3 Å². The summed E-state index contributed by atoms with van der Waals surface area (Å²) >= 11 is 12.8. The molecule has 1 aliphatic rings. The molecular weight excluding hydrogens is 629 g/mol. The number of nitrogens with zero attached hydrogens (tertiary/aromatic N) is 3. The Hall–Kier alpha value is -4.31. The van der Waals surface area contributed by atoms with Crippen LogP contribution in [-0.2, 0) is 19.6 Å². The van der Waals surface area contributed by atoms with Gasteiger partial charge in [0.2, 0.25) is 15.7 Å². The monoisotopic (exact) mass is 657 g/mol. The van der Waals surface area contributed by atoms with Crippen LogP contribution in [0.25, 0.3) is 10.9 Å². The number of nitriles is 1. The topological polar surface area (TPSA) is 152 Å². The van der Waals surface area contributed by atoms with Gasteiger partial charge >= 0.3 is 6.09 Å². The van der Waals surface area contributed by atoms with Gasteiger partial charge in [0.1, 0.15) is 16.6 Å². The van der Waals surface area contributed by atoms with E-state index in [0.717, 1.165) is 5.57 Å². The van der Waals surface area contributed by atoms with Crippen LogP contribution >= 0.6 is 23.2 Å². The second kappa shape index (κ2) is 13.1. The SMILES string of the molecule is CCOC(=O)NC(=O)/C(C#N)=N\Nc1cc(Cl)c(Oc2ccc3c(ccn3S(=O)(=O)C3(C)C=CC=C(C(C)C)C3)c2)c(Cl)c1. The summed E-state index contributed by atoms with van der Waals surface area (Å²) in [6.45, 7) is 7.42. The van der Waals surface area contributed by atoms with Crippen LogP contribution in [-0.4, -0.2) is 41.5 Å². The van der Waals surface area contributed by atoms with Crippen molar-refractivity contribution >= 4 is 67.5 Å². The zero-order valence-corrected chi connectivity index (χ0v) is 26.5. The number of rotatable bonds is 9. The van der Waals surface area contributed by atoms with Crippen LogP contribution in [0.3, 0.4) is 0 Å². The minimum absolute atomic E-state index is 0.0406. The molecule has 1 heterocycles. The highest BCUT2D eigenvalue weighted by Gasteiger charge is 2.40. The van der Waals surface area contributed by atoms with E-state index in [4.69, 9.17) is 27.9 Å². The Morgan fingerprint density at radius 1 is 1.18 bits per heavy atom. The molecule has 1 aromatic heterocycles. The number of imide groups is 1. The maximum absolute atomic E-state index is 13.8. The second-order valence-corrected chi connectivity index (χ2v) is 13.4. The summed E-state index contributed by atoms with van der Waals surface area (Å²) in [5.74, 6) is -0.366. The Labute approximate surface area is 264 Å². The van der Waals surface area contributed by atoms with E-state index in [2.05, 4.69) is 15.3 Å². The van der Waals surface area contributed by atoms with E-state index < -0.39 is 32.5 Å². The molecule has 0 bridgehead atoms. The van der Waals surface area contributed by atoms with Crippen LogP contribution in [0.2, 0.25) is 10.0 Å². The molecule has 0 saturated carbocycles. The number of fused-ring (bicyclic) bond motifs is 1. The number of carbonyl (C=O) groups excluding carboxylic acids is 2. The molecule has 0 saturated heterocycles. The molecular formula is C30H29Cl2N5O6S. The Balaban J connectivity index is 1.53. The minimum atomic E-state index is -3.81. The van der Waals surface area contributed by atoms with Gasteiger partial charge in [-0.3, -0.25) is 15.5 Å². The van der Waals surface area contributed by atoms with Crippen molar-refractivity contribution in [3.8, 4) is 17.6 Å². The van der Waals surface area contributed by atoms with Gasteiger partial charge in [0.15, 0.2) is 5.75 Å². The van der Waals surface area contributed by atoms with Crippen molar-refractivity contribution in [1.29, 1.82) is 5.26 Å². The number of hydrogen-bond acceptors (Lipinski definition) is 9. The van der Waals surface area contributed by atoms with Gasteiger partial charge in [-0.25, -0.2) is 17.2 Å². The van der Waals surface area contributed by atoms with Crippen molar-refractivity contribution < 1.29 is 27.5 Å². The molecule has 14 heteroatoms. The van der Waals surface area contributed by atoms with Crippen molar-refractivity contribution in [2.45, 2.75) is 38.9 Å². The number of hydrogen-bond donors (Lipinski definition) is 2. The van der Waals surface area contributed by atoms with E-state index >= 15 is 0 Å². The molecule has 4 rings (SSSR count). The number of anilines is 1. The number of benzene rings is 2. The molecule has 1 atom stereocenters. The highest BCUT2D eigenvalue weighted by atomic mass is 35.5. The fourth-order valence-electron chi connectivity index (χ4n) is 4.47. The molecule has 0 aliphatic heterocycles. The lowest BCUT2D eigenvalue weighted by Gasteiger charge is -2.31. The molecule has 3 aromatic rings. The number of hydrazone groups is 1. The smallest absolute Gasteiger partial charge is 0.414 e. The Bertz CT molecular complexity index is 1850. The maximum Gasteiger partial charge on any atom is 0.414 e. The van der Waals surface area contributed by atoms with Gasteiger partial charge in [-0.2, -0.15) is 10.4 Å². The summed E-state index contributed by atoms with van der Waals surface area (Å²) in [7, 11) is -3.81. The van der Waals surface area contributed by atoms with Crippen molar-refractivity contribution in [3.05, 3.63) is 76.4 Å². The fraction of sp³-hybridized carbons (Fsp3) is 0.267. The first-order chi connectivity index (χ1) is 20.8. The number of carbonyl (C=O) groups is 2. The summed E-state index contributed by atoms with van der Waals surface area (Å²) in [6, 6.07) is 11.0. The fourth-order valence-corrected chi connectivity index (χ4v) is 6.73. The molecule has 0 spiro atoms. The van der Waals surface area contributed by atoms with Crippen molar-refractivity contribution in [2.24, 2.45) is 11.0 Å². The first-order valence-corrected chi connectivity index (χ1v) is 15.6. The van der Waals surface area contributed by atoms with Crippen LogP contribution in [0.1, 0.15) is 34.1 Å². The predicted molar refractivity (Wildman–Crippen MR) is 170 cm³/mol.